The Morgan fingerprint density at radius 3 is 2.65 bits per heavy atom. The molecular formula is C19H18N6O5S. The van der Waals surface area contributed by atoms with Crippen molar-refractivity contribution in [3.63, 3.8) is 0 Å². The second kappa shape index (κ2) is 7.80. The summed E-state index contributed by atoms with van der Waals surface area (Å²) in [5, 5.41) is 4.07. The predicted octanol–water partition coefficient (Wildman–Crippen LogP) is 0.934. The highest BCUT2D eigenvalue weighted by Gasteiger charge is 2.15. The van der Waals surface area contributed by atoms with Crippen molar-refractivity contribution < 1.29 is 17.9 Å². The molecule has 0 aliphatic heterocycles. The highest BCUT2D eigenvalue weighted by molar-refractivity contribution is 7.90. The fraction of sp³-hybridized carbons (Fsp3) is 0.211. The third kappa shape index (κ3) is 4.10. The summed E-state index contributed by atoms with van der Waals surface area (Å²) in [6.07, 6.45) is 5.36. The van der Waals surface area contributed by atoms with E-state index in [0.29, 0.717) is 12.2 Å². The Kier molecular flexibility index (Phi) is 5.15. The monoisotopic (exact) mass is 442 g/mol. The number of fused-ring (bicyclic) bond motifs is 1. The number of nitrogens with zero attached hydrogens (tertiary/aromatic N) is 5. The summed E-state index contributed by atoms with van der Waals surface area (Å²) in [6.45, 7) is 2.25. The smallest absolute Gasteiger partial charge is 0.341 e. The first-order valence-corrected chi connectivity index (χ1v) is 11.1. The summed E-state index contributed by atoms with van der Waals surface area (Å²) in [5.41, 5.74) is 1.04. The lowest BCUT2D eigenvalue weighted by Gasteiger charge is -2.06. The van der Waals surface area contributed by atoms with Crippen molar-refractivity contribution >= 4 is 27.0 Å². The number of sulfone groups is 1. The summed E-state index contributed by atoms with van der Waals surface area (Å²) in [5.74, 6) is -0.415. The zero-order chi connectivity index (χ0) is 22.2. The van der Waals surface area contributed by atoms with Gasteiger partial charge in [0.15, 0.2) is 21.0 Å². The number of benzene rings is 1. The Balaban J connectivity index is 1.68. The molecule has 3 aromatic heterocycles. The summed E-state index contributed by atoms with van der Waals surface area (Å²) in [6, 6.07) is 6.43. The average molecular weight is 442 g/mol. The van der Waals surface area contributed by atoms with Crippen LogP contribution in [0.2, 0.25) is 0 Å². The molecule has 0 aliphatic rings. The lowest BCUT2D eigenvalue weighted by atomic mass is 10.2. The number of carbonyl (C=O) groups excluding carboxylic acids is 1. The maximum atomic E-state index is 12.5. The molecule has 160 valence electrons. The highest BCUT2D eigenvalue weighted by atomic mass is 32.2. The molecule has 1 aromatic carbocycles. The average Bonchev–Trinajstić information content (AvgIpc) is 3.36. The van der Waals surface area contributed by atoms with Crippen LogP contribution in [0.1, 0.15) is 22.8 Å². The van der Waals surface area contributed by atoms with Crippen LogP contribution in [0.25, 0.3) is 17.1 Å². The molecule has 0 amide bonds. The molecule has 4 aromatic rings. The van der Waals surface area contributed by atoms with Gasteiger partial charge in [0.2, 0.25) is 5.95 Å². The summed E-state index contributed by atoms with van der Waals surface area (Å²) in [4.78, 5) is 35.7. The molecule has 0 radical (unpaired) electrons. The van der Waals surface area contributed by atoms with Crippen LogP contribution in [0.3, 0.4) is 0 Å². The maximum Gasteiger partial charge on any atom is 0.341 e. The van der Waals surface area contributed by atoms with Gasteiger partial charge in [0.25, 0.3) is 5.56 Å². The molecule has 0 bridgehead atoms. The van der Waals surface area contributed by atoms with Gasteiger partial charge in [-0.2, -0.15) is 10.1 Å². The van der Waals surface area contributed by atoms with Gasteiger partial charge in [-0.1, -0.05) is 12.1 Å². The van der Waals surface area contributed by atoms with Crippen LogP contribution in [0.15, 0.2) is 52.7 Å². The van der Waals surface area contributed by atoms with Gasteiger partial charge in [-0.25, -0.2) is 22.9 Å². The number of imidazole rings is 1. The van der Waals surface area contributed by atoms with E-state index in [4.69, 9.17) is 4.74 Å². The fourth-order valence-corrected chi connectivity index (χ4v) is 3.59. The van der Waals surface area contributed by atoms with E-state index in [1.54, 1.807) is 23.6 Å². The zero-order valence-electron chi connectivity index (χ0n) is 16.6. The number of aromatic amines is 1. The molecular weight excluding hydrogens is 424 g/mol. The number of esters is 1. The first kappa shape index (κ1) is 20.5. The Labute approximate surface area is 176 Å². The lowest BCUT2D eigenvalue weighted by molar-refractivity contribution is 0.0526. The van der Waals surface area contributed by atoms with Crippen LogP contribution in [0.4, 0.5) is 0 Å². The zero-order valence-corrected chi connectivity index (χ0v) is 17.5. The number of hydrogen-bond acceptors (Lipinski definition) is 8. The first-order chi connectivity index (χ1) is 14.8. The molecule has 11 nitrogen and oxygen atoms in total. The topological polar surface area (TPSA) is 142 Å². The van der Waals surface area contributed by atoms with E-state index in [9.17, 15) is 18.0 Å². The molecule has 31 heavy (non-hydrogen) atoms. The number of rotatable bonds is 6. The molecule has 4 rings (SSSR count). The predicted molar refractivity (Wildman–Crippen MR) is 110 cm³/mol. The van der Waals surface area contributed by atoms with Crippen LogP contribution in [-0.4, -0.2) is 56.5 Å². The van der Waals surface area contributed by atoms with Gasteiger partial charge in [-0.3, -0.25) is 9.78 Å². The number of nitrogens with one attached hydrogen (secondary N) is 1. The number of ether oxygens (including phenoxy) is 1. The van der Waals surface area contributed by atoms with Gasteiger partial charge in [0, 0.05) is 12.5 Å². The van der Waals surface area contributed by atoms with Gasteiger partial charge < -0.3 is 9.30 Å². The molecule has 0 saturated heterocycles. The molecule has 0 aliphatic carbocycles. The van der Waals surface area contributed by atoms with Gasteiger partial charge in [-0.15, -0.1) is 0 Å². The fourth-order valence-electron chi connectivity index (χ4n) is 2.96. The SMILES string of the molecule is CCOC(=O)c1cnn(-c2nc3c(ncn3Cc3ccc(S(C)(=O)=O)cc3)c(=O)[nH]2)c1. The second-order valence-electron chi connectivity index (χ2n) is 6.74. The Morgan fingerprint density at radius 1 is 1.23 bits per heavy atom. The van der Waals surface area contributed by atoms with Gasteiger partial charge in [0.1, 0.15) is 0 Å². The van der Waals surface area contributed by atoms with E-state index in [0.717, 1.165) is 11.8 Å². The normalized spacial score (nSPS) is 11.7. The van der Waals surface area contributed by atoms with Crippen molar-refractivity contribution in [2.24, 2.45) is 0 Å². The maximum absolute atomic E-state index is 12.5. The summed E-state index contributed by atoms with van der Waals surface area (Å²) >= 11 is 0. The lowest BCUT2D eigenvalue weighted by Crippen LogP contribution is -2.15. The summed E-state index contributed by atoms with van der Waals surface area (Å²) < 4.78 is 31.1. The van der Waals surface area contributed by atoms with Gasteiger partial charge in [0.05, 0.1) is 36.1 Å². The van der Waals surface area contributed by atoms with Crippen molar-refractivity contribution in [2.45, 2.75) is 18.4 Å². The minimum absolute atomic E-state index is 0.113. The molecule has 0 atom stereocenters. The summed E-state index contributed by atoms with van der Waals surface area (Å²) in [7, 11) is -3.29. The number of carbonyl (C=O) groups is 1. The van der Waals surface area contributed by atoms with Crippen LogP contribution in [0, 0.1) is 0 Å². The van der Waals surface area contributed by atoms with E-state index in [1.165, 1.54) is 35.5 Å². The first-order valence-electron chi connectivity index (χ1n) is 9.22. The van der Waals surface area contributed by atoms with E-state index in [1.807, 2.05) is 0 Å². The quantitative estimate of drug-likeness (QED) is 0.435. The van der Waals surface area contributed by atoms with Crippen LogP contribution in [0.5, 0.6) is 0 Å². The molecule has 0 saturated carbocycles. The van der Waals surface area contributed by atoms with Crippen molar-refractivity contribution in [2.75, 3.05) is 12.9 Å². The van der Waals surface area contributed by atoms with Crippen LogP contribution < -0.4 is 5.56 Å². The van der Waals surface area contributed by atoms with Crippen molar-refractivity contribution in [1.29, 1.82) is 0 Å². The Hall–Kier alpha value is -3.80. The van der Waals surface area contributed by atoms with Gasteiger partial charge in [-0.05, 0) is 24.6 Å². The molecule has 3 heterocycles. The molecule has 0 unspecified atom stereocenters. The van der Waals surface area contributed by atoms with E-state index in [2.05, 4.69) is 20.1 Å². The molecule has 0 spiro atoms. The van der Waals surface area contributed by atoms with E-state index in [-0.39, 0.29) is 28.5 Å². The van der Waals surface area contributed by atoms with Crippen molar-refractivity contribution in [3.8, 4) is 5.95 Å². The second-order valence-corrected chi connectivity index (χ2v) is 8.76. The Bertz CT molecular complexity index is 1430. The third-order valence-corrected chi connectivity index (χ3v) is 5.61. The number of hydrogen-bond donors (Lipinski definition) is 1. The van der Waals surface area contributed by atoms with Crippen molar-refractivity contribution in [3.05, 3.63) is 64.5 Å². The van der Waals surface area contributed by atoms with E-state index < -0.39 is 21.4 Å². The molecule has 0 fully saturated rings. The third-order valence-electron chi connectivity index (χ3n) is 4.48. The van der Waals surface area contributed by atoms with Crippen LogP contribution >= 0.6 is 0 Å². The minimum Gasteiger partial charge on any atom is -0.462 e. The van der Waals surface area contributed by atoms with E-state index >= 15 is 0 Å². The largest absolute Gasteiger partial charge is 0.462 e. The minimum atomic E-state index is -3.29. The standard InChI is InChI=1S/C19H18N6O5S/c1-3-30-18(27)13-8-21-25(10-13)19-22-16-15(17(26)23-19)20-11-24(16)9-12-4-6-14(7-5-12)31(2,28)29/h4-8,10-11H,3,9H2,1-2H3,(H,22,23,26). The van der Waals surface area contributed by atoms with Crippen molar-refractivity contribution in [1.82, 2.24) is 29.3 Å². The Morgan fingerprint density at radius 2 is 1.97 bits per heavy atom. The number of aromatic nitrogens is 6. The number of H-pyrrole nitrogens is 1. The van der Waals surface area contributed by atoms with Gasteiger partial charge >= 0.3 is 5.97 Å². The highest BCUT2D eigenvalue weighted by Crippen LogP contribution is 2.14. The van der Waals surface area contributed by atoms with Crippen LogP contribution in [-0.2, 0) is 21.1 Å². The molecule has 1 N–H and O–H groups in total. The molecule has 12 heteroatoms.